The Morgan fingerprint density at radius 1 is 1.38 bits per heavy atom. The van der Waals surface area contributed by atoms with E-state index in [1.807, 2.05) is 13.1 Å². The van der Waals surface area contributed by atoms with Gasteiger partial charge < -0.3 is 15.5 Å². The van der Waals surface area contributed by atoms with E-state index >= 15 is 0 Å². The fourth-order valence-corrected chi connectivity index (χ4v) is 2.06. The van der Waals surface area contributed by atoms with Crippen molar-refractivity contribution < 1.29 is 0 Å². The topological polar surface area (TPSA) is 27.3 Å². The molecule has 2 rings (SSSR count). The molecule has 0 spiro atoms. The van der Waals surface area contributed by atoms with E-state index < -0.39 is 0 Å². The Bertz CT molecular complexity index is 367. The molecule has 3 heteroatoms. The molecule has 1 aromatic carbocycles. The highest BCUT2D eigenvalue weighted by atomic mass is 15.2. The van der Waals surface area contributed by atoms with Crippen molar-refractivity contribution in [2.75, 3.05) is 43.4 Å². The average Bonchev–Trinajstić information content (AvgIpc) is 2.39. The fraction of sp³-hybridized carbons (Fsp3) is 0.385. The highest BCUT2D eigenvalue weighted by molar-refractivity contribution is 5.71. The normalized spacial score (nSPS) is 15.9. The van der Waals surface area contributed by atoms with Crippen LogP contribution in [0.3, 0.4) is 0 Å². The molecule has 1 saturated heterocycles. The summed E-state index contributed by atoms with van der Waals surface area (Å²) >= 11 is 0. The molecule has 0 radical (unpaired) electrons. The van der Waals surface area contributed by atoms with Crippen molar-refractivity contribution in [3.8, 4) is 0 Å². The van der Waals surface area contributed by atoms with Crippen LogP contribution in [0.5, 0.6) is 0 Å². The Morgan fingerprint density at radius 2 is 2.12 bits per heavy atom. The van der Waals surface area contributed by atoms with Crippen LogP contribution in [-0.4, -0.2) is 33.2 Å². The molecule has 1 aliphatic rings. The van der Waals surface area contributed by atoms with Crippen LogP contribution in [0.25, 0.3) is 6.08 Å². The van der Waals surface area contributed by atoms with Crippen molar-refractivity contribution >= 4 is 17.5 Å². The molecule has 1 aliphatic heterocycles. The second-order valence-corrected chi connectivity index (χ2v) is 3.96. The zero-order chi connectivity index (χ0) is 11.4. The number of benzene rings is 1. The zero-order valence-corrected chi connectivity index (χ0v) is 9.79. The van der Waals surface area contributed by atoms with Crippen LogP contribution in [0.1, 0.15) is 5.56 Å². The molecule has 0 amide bonds. The van der Waals surface area contributed by atoms with Gasteiger partial charge in [-0.3, -0.25) is 0 Å². The van der Waals surface area contributed by atoms with Gasteiger partial charge in [0.15, 0.2) is 0 Å². The van der Waals surface area contributed by atoms with Crippen molar-refractivity contribution in [1.29, 1.82) is 0 Å². The third-order valence-corrected chi connectivity index (χ3v) is 3.01. The number of hydrogen-bond acceptors (Lipinski definition) is 3. The molecule has 0 bridgehead atoms. The van der Waals surface area contributed by atoms with Crippen LogP contribution in [-0.2, 0) is 0 Å². The van der Waals surface area contributed by atoms with Gasteiger partial charge in [0.1, 0.15) is 0 Å². The highest BCUT2D eigenvalue weighted by Crippen LogP contribution is 2.24. The first-order valence-corrected chi connectivity index (χ1v) is 5.75. The quantitative estimate of drug-likeness (QED) is 0.808. The molecule has 1 fully saturated rings. The summed E-state index contributed by atoms with van der Waals surface area (Å²) in [5, 5.41) is 6.57. The number of anilines is 2. The van der Waals surface area contributed by atoms with Gasteiger partial charge in [-0.15, -0.1) is 0 Å². The van der Waals surface area contributed by atoms with E-state index in [1.54, 1.807) is 0 Å². The Hall–Kier alpha value is -1.48. The van der Waals surface area contributed by atoms with Crippen LogP contribution in [0, 0.1) is 0 Å². The molecule has 0 atom stereocenters. The van der Waals surface area contributed by atoms with Crippen molar-refractivity contribution in [2.45, 2.75) is 0 Å². The van der Waals surface area contributed by atoms with Gasteiger partial charge in [-0.25, -0.2) is 0 Å². The summed E-state index contributed by atoms with van der Waals surface area (Å²) < 4.78 is 0. The third kappa shape index (κ3) is 2.19. The monoisotopic (exact) mass is 217 g/mol. The first-order valence-electron chi connectivity index (χ1n) is 5.75. The summed E-state index contributed by atoms with van der Waals surface area (Å²) in [5.41, 5.74) is 3.59. The molecular weight excluding hydrogens is 198 g/mol. The van der Waals surface area contributed by atoms with E-state index in [0.717, 1.165) is 37.4 Å². The van der Waals surface area contributed by atoms with Gasteiger partial charge in [-0.1, -0.05) is 18.7 Å². The molecule has 0 aromatic heterocycles. The minimum Gasteiger partial charge on any atom is -0.388 e. The lowest BCUT2D eigenvalue weighted by molar-refractivity contribution is 0.589. The molecule has 3 nitrogen and oxygen atoms in total. The number of hydrogen-bond donors (Lipinski definition) is 2. The SMILES string of the molecule is C=Cc1ccc(N2CCNCC2)cc1NC. The lowest BCUT2D eigenvalue weighted by Crippen LogP contribution is -2.43. The van der Waals surface area contributed by atoms with E-state index in [9.17, 15) is 0 Å². The molecule has 86 valence electrons. The first kappa shape index (κ1) is 11.0. The number of piperazine rings is 1. The lowest BCUT2D eigenvalue weighted by Gasteiger charge is -2.30. The van der Waals surface area contributed by atoms with E-state index in [1.165, 1.54) is 5.69 Å². The van der Waals surface area contributed by atoms with Crippen molar-refractivity contribution in [3.63, 3.8) is 0 Å². The van der Waals surface area contributed by atoms with Crippen LogP contribution in [0.2, 0.25) is 0 Å². The molecule has 0 saturated carbocycles. The summed E-state index contributed by atoms with van der Waals surface area (Å²) in [6, 6.07) is 6.49. The highest BCUT2D eigenvalue weighted by Gasteiger charge is 2.11. The van der Waals surface area contributed by atoms with E-state index in [0.29, 0.717) is 0 Å². The van der Waals surface area contributed by atoms with Gasteiger partial charge in [0.25, 0.3) is 0 Å². The minimum atomic E-state index is 1.07. The molecule has 16 heavy (non-hydrogen) atoms. The van der Waals surface area contributed by atoms with Crippen LogP contribution in [0.15, 0.2) is 24.8 Å². The molecule has 1 heterocycles. The van der Waals surface area contributed by atoms with E-state index in [-0.39, 0.29) is 0 Å². The molecule has 1 aromatic rings. The second-order valence-electron chi connectivity index (χ2n) is 3.96. The third-order valence-electron chi connectivity index (χ3n) is 3.01. The first-order chi connectivity index (χ1) is 7.85. The average molecular weight is 217 g/mol. The number of nitrogens with zero attached hydrogens (tertiary/aromatic N) is 1. The largest absolute Gasteiger partial charge is 0.388 e. The Balaban J connectivity index is 2.24. The van der Waals surface area contributed by atoms with Gasteiger partial charge >= 0.3 is 0 Å². The minimum absolute atomic E-state index is 1.07. The van der Waals surface area contributed by atoms with Crippen molar-refractivity contribution in [3.05, 3.63) is 30.3 Å². The Kier molecular flexibility index (Phi) is 3.47. The van der Waals surface area contributed by atoms with Gasteiger partial charge in [0.05, 0.1) is 0 Å². The standard InChI is InChI=1S/C13H19N3/c1-3-11-4-5-12(10-13(11)14-2)16-8-6-15-7-9-16/h3-5,10,14-15H,1,6-9H2,2H3. The molecule has 0 unspecified atom stereocenters. The summed E-state index contributed by atoms with van der Waals surface area (Å²) in [7, 11) is 1.95. The lowest BCUT2D eigenvalue weighted by atomic mass is 10.1. The van der Waals surface area contributed by atoms with Gasteiger partial charge in [-0.05, 0) is 17.7 Å². The van der Waals surface area contributed by atoms with Crippen molar-refractivity contribution in [1.82, 2.24) is 5.32 Å². The summed E-state index contributed by atoms with van der Waals surface area (Å²) in [5.74, 6) is 0. The predicted molar refractivity (Wildman–Crippen MR) is 71.2 cm³/mol. The predicted octanol–water partition coefficient (Wildman–Crippen LogP) is 1.78. The zero-order valence-electron chi connectivity index (χ0n) is 9.79. The van der Waals surface area contributed by atoms with Gasteiger partial charge in [-0.2, -0.15) is 0 Å². The van der Waals surface area contributed by atoms with Crippen LogP contribution < -0.4 is 15.5 Å². The molecule has 0 aliphatic carbocycles. The Morgan fingerprint density at radius 3 is 2.75 bits per heavy atom. The fourth-order valence-electron chi connectivity index (χ4n) is 2.06. The number of rotatable bonds is 3. The molecular formula is C13H19N3. The summed E-state index contributed by atoms with van der Waals surface area (Å²) in [6.45, 7) is 8.11. The van der Waals surface area contributed by atoms with Crippen molar-refractivity contribution in [2.24, 2.45) is 0 Å². The van der Waals surface area contributed by atoms with Gasteiger partial charge in [0, 0.05) is 44.6 Å². The van der Waals surface area contributed by atoms with Crippen LogP contribution in [0.4, 0.5) is 11.4 Å². The Labute approximate surface area is 97.2 Å². The molecule has 2 N–H and O–H groups in total. The summed E-state index contributed by atoms with van der Waals surface area (Å²) in [6.07, 6.45) is 1.88. The smallest absolute Gasteiger partial charge is 0.0431 e. The second kappa shape index (κ2) is 5.03. The maximum Gasteiger partial charge on any atom is 0.0431 e. The number of nitrogens with one attached hydrogen (secondary N) is 2. The van der Waals surface area contributed by atoms with E-state index in [4.69, 9.17) is 0 Å². The summed E-state index contributed by atoms with van der Waals surface area (Å²) in [4.78, 5) is 2.41. The van der Waals surface area contributed by atoms with Gasteiger partial charge in [0.2, 0.25) is 0 Å². The maximum absolute atomic E-state index is 3.82. The van der Waals surface area contributed by atoms with E-state index in [2.05, 4.69) is 40.3 Å². The maximum atomic E-state index is 3.82. The van der Waals surface area contributed by atoms with Crippen LogP contribution >= 0.6 is 0 Å².